The molecule has 218 valence electrons. The van der Waals surface area contributed by atoms with Crippen LogP contribution in [-0.4, -0.2) is 44.3 Å². The third-order valence-corrected chi connectivity index (χ3v) is 8.43. The van der Waals surface area contributed by atoms with Crippen LogP contribution in [0.25, 0.3) is 0 Å². The first-order chi connectivity index (χ1) is 20.3. The van der Waals surface area contributed by atoms with Gasteiger partial charge in [0.15, 0.2) is 0 Å². The Morgan fingerprint density at radius 2 is 1.31 bits per heavy atom. The number of benzene rings is 4. The van der Waals surface area contributed by atoms with Crippen LogP contribution in [-0.2, 0) is 26.2 Å². The van der Waals surface area contributed by atoms with Crippen LogP contribution in [0.3, 0.4) is 0 Å². The molecule has 2 amide bonds. The molecule has 42 heavy (non-hydrogen) atoms. The van der Waals surface area contributed by atoms with Crippen molar-refractivity contribution in [2.24, 2.45) is 0 Å². The quantitative estimate of drug-likeness (QED) is 0.220. The summed E-state index contributed by atoms with van der Waals surface area (Å²) in [6.45, 7) is 3.70. The third-order valence-electron chi connectivity index (χ3n) is 6.65. The highest BCUT2D eigenvalue weighted by molar-refractivity contribution is 7.92. The lowest BCUT2D eigenvalue weighted by atomic mass is 10.1. The van der Waals surface area contributed by atoms with Gasteiger partial charge in [0, 0.05) is 13.1 Å². The number of hydrogen-bond acceptors (Lipinski definition) is 5. The molecule has 0 saturated heterocycles. The van der Waals surface area contributed by atoms with Crippen LogP contribution in [0.2, 0.25) is 0 Å². The maximum atomic E-state index is 14.0. The van der Waals surface area contributed by atoms with E-state index in [1.165, 1.54) is 17.0 Å². The number of hydrogen-bond donors (Lipinski definition) is 1. The van der Waals surface area contributed by atoms with Crippen molar-refractivity contribution < 1.29 is 22.7 Å². The van der Waals surface area contributed by atoms with Gasteiger partial charge in [0.1, 0.15) is 24.1 Å². The van der Waals surface area contributed by atoms with Gasteiger partial charge in [0.05, 0.1) is 10.6 Å². The zero-order chi connectivity index (χ0) is 30.0. The van der Waals surface area contributed by atoms with Crippen molar-refractivity contribution in [1.29, 1.82) is 0 Å². The van der Waals surface area contributed by atoms with Gasteiger partial charge in [-0.2, -0.15) is 0 Å². The van der Waals surface area contributed by atoms with E-state index in [-0.39, 0.29) is 17.3 Å². The van der Waals surface area contributed by atoms with E-state index in [9.17, 15) is 18.0 Å². The molecule has 4 aromatic carbocycles. The first-order valence-electron chi connectivity index (χ1n) is 13.8. The molecule has 8 nitrogen and oxygen atoms in total. The molecule has 0 aliphatic carbocycles. The highest BCUT2D eigenvalue weighted by atomic mass is 32.2. The first-order valence-corrected chi connectivity index (χ1v) is 15.3. The molecule has 0 saturated carbocycles. The summed E-state index contributed by atoms with van der Waals surface area (Å²) in [7, 11) is -4.15. The van der Waals surface area contributed by atoms with Crippen LogP contribution in [0.4, 0.5) is 5.69 Å². The minimum atomic E-state index is -4.15. The molecule has 0 bridgehead atoms. The number of amides is 2. The van der Waals surface area contributed by atoms with Crippen LogP contribution in [0, 0.1) is 0 Å². The van der Waals surface area contributed by atoms with Gasteiger partial charge in [0.2, 0.25) is 11.8 Å². The van der Waals surface area contributed by atoms with E-state index in [2.05, 4.69) is 5.32 Å². The Morgan fingerprint density at radius 3 is 1.88 bits per heavy atom. The summed E-state index contributed by atoms with van der Waals surface area (Å²) < 4.78 is 34.9. The monoisotopic (exact) mass is 585 g/mol. The van der Waals surface area contributed by atoms with Crippen molar-refractivity contribution in [3.63, 3.8) is 0 Å². The molecule has 1 N–H and O–H groups in total. The molecule has 0 heterocycles. The molecule has 0 aliphatic rings. The van der Waals surface area contributed by atoms with Crippen molar-refractivity contribution >= 4 is 27.5 Å². The summed E-state index contributed by atoms with van der Waals surface area (Å²) >= 11 is 0. The average molecular weight is 586 g/mol. The van der Waals surface area contributed by atoms with Crippen molar-refractivity contribution in [2.45, 2.75) is 37.8 Å². The van der Waals surface area contributed by atoms with Crippen LogP contribution < -0.4 is 14.4 Å². The Bertz CT molecular complexity index is 1550. The summed E-state index contributed by atoms with van der Waals surface area (Å²) in [5.74, 6) is 0.369. The van der Waals surface area contributed by atoms with Crippen LogP contribution in [0.15, 0.2) is 120 Å². The molecule has 0 spiro atoms. The first kappa shape index (κ1) is 30.3. The molecule has 0 aromatic heterocycles. The number of nitrogens with one attached hydrogen (secondary N) is 1. The molecule has 1 atom stereocenters. The van der Waals surface area contributed by atoms with Crippen molar-refractivity contribution in [3.8, 4) is 11.5 Å². The van der Waals surface area contributed by atoms with Crippen LogP contribution in [0.1, 0.15) is 25.8 Å². The second-order valence-corrected chi connectivity index (χ2v) is 11.4. The number of rotatable bonds is 13. The topological polar surface area (TPSA) is 96.0 Å². The van der Waals surface area contributed by atoms with Gasteiger partial charge < -0.3 is 15.0 Å². The molecule has 0 radical (unpaired) electrons. The Balaban J connectivity index is 1.70. The molecule has 0 unspecified atom stereocenters. The lowest BCUT2D eigenvalue weighted by Crippen LogP contribution is -2.52. The van der Waals surface area contributed by atoms with Gasteiger partial charge in [-0.25, -0.2) is 8.42 Å². The minimum Gasteiger partial charge on any atom is -0.457 e. The number of para-hydroxylation sites is 1. The number of carbonyl (C=O) groups excluding carboxylic acids is 2. The summed E-state index contributed by atoms with van der Waals surface area (Å²) in [5.41, 5.74) is 1.12. The fourth-order valence-corrected chi connectivity index (χ4v) is 5.98. The molecule has 4 rings (SSSR count). The number of sulfonamides is 1. The Labute approximate surface area is 247 Å². The highest BCUT2D eigenvalue weighted by Crippen LogP contribution is 2.28. The zero-order valence-electron chi connectivity index (χ0n) is 23.7. The second-order valence-electron chi connectivity index (χ2n) is 9.56. The van der Waals surface area contributed by atoms with Gasteiger partial charge in [-0.05, 0) is 67.4 Å². The van der Waals surface area contributed by atoms with E-state index in [1.54, 1.807) is 42.5 Å². The second kappa shape index (κ2) is 14.3. The Morgan fingerprint density at radius 1 is 0.762 bits per heavy atom. The highest BCUT2D eigenvalue weighted by Gasteiger charge is 2.33. The van der Waals surface area contributed by atoms with Gasteiger partial charge in [-0.1, -0.05) is 73.7 Å². The van der Waals surface area contributed by atoms with E-state index < -0.39 is 28.5 Å². The van der Waals surface area contributed by atoms with Crippen molar-refractivity contribution in [3.05, 3.63) is 121 Å². The van der Waals surface area contributed by atoms with E-state index in [4.69, 9.17) is 4.74 Å². The smallest absolute Gasteiger partial charge is 0.264 e. The van der Waals surface area contributed by atoms with E-state index in [0.717, 1.165) is 9.87 Å². The lowest BCUT2D eigenvalue weighted by molar-refractivity contribution is -0.140. The number of carbonyl (C=O) groups is 2. The maximum Gasteiger partial charge on any atom is 0.264 e. The normalized spacial score (nSPS) is 11.8. The van der Waals surface area contributed by atoms with Gasteiger partial charge in [0.25, 0.3) is 10.0 Å². The maximum absolute atomic E-state index is 14.0. The third kappa shape index (κ3) is 7.55. The molecular weight excluding hydrogens is 550 g/mol. The zero-order valence-corrected chi connectivity index (χ0v) is 24.5. The minimum absolute atomic E-state index is 0.0489. The predicted octanol–water partition coefficient (Wildman–Crippen LogP) is 5.62. The number of likely N-dealkylation sites (N-methyl/N-ethyl adjacent to an activating group) is 1. The fraction of sp³-hybridized carbons (Fsp3) is 0.212. The Hall–Kier alpha value is -4.63. The predicted molar refractivity (Wildman–Crippen MR) is 164 cm³/mol. The lowest BCUT2D eigenvalue weighted by Gasteiger charge is -2.33. The molecule has 0 fully saturated rings. The summed E-state index contributed by atoms with van der Waals surface area (Å²) in [6, 6.07) is 32.3. The largest absolute Gasteiger partial charge is 0.457 e. The fourth-order valence-electron chi connectivity index (χ4n) is 4.55. The number of anilines is 1. The summed E-state index contributed by atoms with van der Waals surface area (Å²) in [5, 5.41) is 2.81. The number of ether oxygens (including phenoxy) is 1. The van der Waals surface area contributed by atoms with Crippen molar-refractivity contribution in [2.75, 3.05) is 17.4 Å². The van der Waals surface area contributed by atoms with E-state index >= 15 is 0 Å². The van der Waals surface area contributed by atoms with E-state index in [1.807, 2.05) is 74.5 Å². The molecule has 0 aliphatic heterocycles. The summed E-state index contributed by atoms with van der Waals surface area (Å²) in [4.78, 5) is 28.6. The number of nitrogens with zero attached hydrogens (tertiary/aromatic N) is 2. The van der Waals surface area contributed by atoms with Gasteiger partial charge in [-0.3, -0.25) is 13.9 Å². The van der Waals surface area contributed by atoms with Gasteiger partial charge in [-0.15, -0.1) is 0 Å². The standard InChI is InChI=1S/C33H35N3O5S/c1-3-31(33(38)34-4-2)35(24-26-14-8-5-9-15-26)32(37)25-36(42(39,40)30-18-12-7-13-19-30)27-20-22-29(23-21-27)41-28-16-10-6-11-17-28/h5-23,31H,3-4,24-25H2,1-2H3,(H,34,38)/t31-/m0/s1. The molecule has 9 heteroatoms. The summed E-state index contributed by atoms with van der Waals surface area (Å²) in [6.07, 6.45) is 0.362. The molecule has 4 aromatic rings. The Kier molecular flexibility index (Phi) is 10.3. The van der Waals surface area contributed by atoms with Crippen molar-refractivity contribution in [1.82, 2.24) is 10.2 Å². The van der Waals surface area contributed by atoms with Crippen LogP contribution >= 0.6 is 0 Å². The SMILES string of the molecule is CCNC(=O)[C@H](CC)N(Cc1ccccc1)C(=O)CN(c1ccc(Oc2ccccc2)cc1)S(=O)(=O)c1ccccc1. The van der Waals surface area contributed by atoms with Crippen LogP contribution in [0.5, 0.6) is 11.5 Å². The average Bonchev–Trinajstić information content (AvgIpc) is 3.01. The molecular formula is C33H35N3O5S. The van der Waals surface area contributed by atoms with E-state index in [0.29, 0.717) is 30.2 Å². The van der Waals surface area contributed by atoms with Gasteiger partial charge >= 0.3 is 0 Å².